The van der Waals surface area contributed by atoms with Crippen LogP contribution in [0.4, 0.5) is 0 Å². The van der Waals surface area contributed by atoms with E-state index in [0.717, 1.165) is 21.3 Å². The van der Waals surface area contributed by atoms with Crippen LogP contribution in [0.15, 0.2) is 35.8 Å². The van der Waals surface area contributed by atoms with Crippen molar-refractivity contribution in [3.63, 3.8) is 0 Å². The van der Waals surface area contributed by atoms with Gasteiger partial charge >= 0.3 is 0 Å². The van der Waals surface area contributed by atoms with Gasteiger partial charge in [-0.2, -0.15) is 0 Å². The molecule has 4 heteroatoms. The van der Waals surface area contributed by atoms with Gasteiger partial charge in [0.25, 0.3) is 0 Å². The van der Waals surface area contributed by atoms with Crippen molar-refractivity contribution >= 4 is 27.3 Å². The molecule has 106 valence electrons. The highest BCUT2D eigenvalue weighted by Crippen LogP contribution is 2.29. The fourth-order valence-electron chi connectivity index (χ4n) is 2.36. The number of methoxy groups -OCH3 is 1. The Morgan fingerprint density at radius 2 is 2.05 bits per heavy atom. The van der Waals surface area contributed by atoms with Crippen LogP contribution in [0.25, 0.3) is 10.2 Å². The molecule has 0 N–H and O–H groups in total. The second-order valence-corrected chi connectivity index (χ2v) is 5.89. The Morgan fingerprint density at radius 3 is 2.81 bits per heavy atom. The molecule has 0 aliphatic heterocycles. The van der Waals surface area contributed by atoms with Crippen LogP contribution in [0.2, 0.25) is 0 Å². The Hall–Kier alpha value is -2.20. The summed E-state index contributed by atoms with van der Waals surface area (Å²) < 4.78 is 6.45. The van der Waals surface area contributed by atoms with Crippen molar-refractivity contribution in [2.24, 2.45) is 0 Å². The molecule has 0 saturated heterocycles. The number of nitrogens with zero attached hydrogens (tertiary/aromatic N) is 1. The third-order valence-corrected chi connectivity index (χ3v) is 4.54. The standard InChI is InChI=1S/C17H15NO2S/c1-10-4-5-13(17(20-3)11(10)2)16(19)12-8-15-14(18-9-12)6-7-21-15/h4-9H,1-3H3. The number of carbonyl (C=O) groups excluding carboxylic acids is 1. The van der Waals surface area contributed by atoms with Crippen LogP contribution in [-0.4, -0.2) is 17.9 Å². The molecule has 0 spiro atoms. The molecule has 0 saturated carbocycles. The minimum absolute atomic E-state index is 0.0576. The number of carbonyl (C=O) groups is 1. The van der Waals surface area contributed by atoms with Gasteiger partial charge in [-0.05, 0) is 48.6 Å². The van der Waals surface area contributed by atoms with Gasteiger partial charge in [0.2, 0.25) is 0 Å². The number of pyridine rings is 1. The Bertz CT molecular complexity index is 836. The Labute approximate surface area is 127 Å². The maximum Gasteiger partial charge on any atom is 0.198 e. The molecule has 0 unspecified atom stereocenters. The van der Waals surface area contributed by atoms with E-state index in [1.165, 1.54) is 0 Å². The highest BCUT2D eigenvalue weighted by Gasteiger charge is 2.18. The molecule has 0 atom stereocenters. The zero-order chi connectivity index (χ0) is 15.0. The van der Waals surface area contributed by atoms with Crippen LogP contribution in [0, 0.1) is 13.8 Å². The molecule has 3 aromatic rings. The van der Waals surface area contributed by atoms with Crippen molar-refractivity contribution in [3.8, 4) is 5.75 Å². The fourth-order valence-corrected chi connectivity index (χ4v) is 3.14. The van der Waals surface area contributed by atoms with Gasteiger partial charge in [-0.25, -0.2) is 0 Å². The molecule has 0 aliphatic rings. The lowest BCUT2D eigenvalue weighted by Gasteiger charge is -2.12. The van der Waals surface area contributed by atoms with Crippen LogP contribution >= 0.6 is 11.3 Å². The Kier molecular flexibility index (Phi) is 3.47. The normalized spacial score (nSPS) is 10.8. The van der Waals surface area contributed by atoms with Gasteiger partial charge in [0, 0.05) is 11.8 Å². The number of ketones is 1. The van der Waals surface area contributed by atoms with Gasteiger partial charge in [-0.1, -0.05) is 6.07 Å². The lowest BCUT2D eigenvalue weighted by Crippen LogP contribution is -2.06. The topological polar surface area (TPSA) is 39.2 Å². The van der Waals surface area contributed by atoms with E-state index in [1.807, 2.05) is 43.5 Å². The van der Waals surface area contributed by atoms with Gasteiger partial charge in [-0.3, -0.25) is 9.78 Å². The van der Waals surface area contributed by atoms with E-state index in [2.05, 4.69) is 4.98 Å². The van der Waals surface area contributed by atoms with Crippen molar-refractivity contribution in [1.82, 2.24) is 4.98 Å². The van der Waals surface area contributed by atoms with Crippen molar-refractivity contribution in [2.45, 2.75) is 13.8 Å². The summed E-state index contributed by atoms with van der Waals surface area (Å²) in [7, 11) is 1.60. The molecule has 0 aliphatic carbocycles. The number of hydrogen-bond donors (Lipinski definition) is 0. The predicted molar refractivity (Wildman–Crippen MR) is 85.5 cm³/mol. The summed E-state index contributed by atoms with van der Waals surface area (Å²) in [6.45, 7) is 3.97. The molecule has 21 heavy (non-hydrogen) atoms. The third kappa shape index (κ3) is 2.32. The zero-order valence-corrected chi connectivity index (χ0v) is 13.0. The summed E-state index contributed by atoms with van der Waals surface area (Å²) in [5.41, 5.74) is 4.19. The second kappa shape index (κ2) is 5.30. The number of aryl methyl sites for hydroxylation is 1. The quantitative estimate of drug-likeness (QED) is 0.682. The number of fused-ring (bicyclic) bond motifs is 1. The molecule has 0 fully saturated rings. The van der Waals surface area contributed by atoms with Crippen LogP contribution in [0.3, 0.4) is 0 Å². The molecular weight excluding hydrogens is 282 g/mol. The maximum atomic E-state index is 12.7. The molecule has 2 heterocycles. The van der Waals surface area contributed by atoms with E-state index in [0.29, 0.717) is 16.9 Å². The van der Waals surface area contributed by atoms with Gasteiger partial charge < -0.3 is 4.74 Å². The van der Waals surface area contributed by atoms with Gasteiger partial charge in [0.1, 0.15) is 5.75 Å². The largest absolute Gasteiger partial charge is 0.496 e. The molecule has 0 amide bonds. The first-order valence-electron chi connectivity index (χ1n) is 6.64. The van der Waals surface area contributed by atoms with Gasteiger partial charge in [0.05, 0.1) is 22.9 Å². The molecule has 3 rings (SSSR count). The van der Waals surface area contributed by atoms with E-state index in [-0.39, 0.29) is 5.78 Å². The summed E-state index contributed by atoms with van der Waals surface area (Å²) >= 11 is 1.58. The van der Waals surface area contributed by atoms with E-state index in [9.17, 15) is 4.79 Å². The van der Waals surface area contributed by atoms with Crippen LogP contribution in [0.5, 0.6) is 5.75 Å². The van der Waals surface area contributed by atoms with Crippen LogP contribution in [0.1, 0.15) is 27.0 Å². The van der Waals surface area contributed by atoms with Crippen molar-refractivity contribution in [3.05, 3.63) is 58.1 Å². The first kappa shape index (κ1) is 13.8. The molecule has 0 bridgehead atoms. The Balaban J connectivity index is 2.11. The third-order valence-electron chi connectivity index (χ3n) is 3.69. The highest BCUT2D eigenvalue weighted by atomic mass is 32.1. The maximum absolute atomic E-state index is 12.7. The summed E-state index contributed by atoms with van der Waals surface area (Å²) in [6, 6.07) is 7.61. The second-order valence-electron chi connectivity index (χ2n) is 4.95. The summed E-state index contributed by atoms with van der Waals surface area (Å²) in [5.74, 6) is 0.587. The van der Waals surface area contributed by atoms with Crippen LogP contribution < -0.4 is 4.74 Å². The van der Waals surface area contributed by atoms with Crippen LogP contribution in [-0.2, 0) is 0 Å². The number of ether oxygens (including phenoxy) is 1. The SMILES string of the molecule is COc1c(C(=O)c2cnc3ccsc3c2)ccc(C)c1C. The van der Waals surface area contributed by atoms with E-state index in [1.54, 1.807) is 24.6 Å². The smallest absolute Gasteiger partial charge is 0.198 e. The average Bonchev–Trinajstić information content (AvgIpc) is 2.96. The molecular formula is C17H15NO2S. The van der Waals surface area contributed by atoms with E-state index in [4.69, 9.17) is 4.74 Å². The fraction of sp³-hybridized carbons (Fsp3) is 0.176. The first-order valence-corrected chi connectivity index (χ1v) is 7.52. The van der Waals surface area contributed by atoms with Crippen molar-refractivity contribution < 1.29 is 9.53 Å². The summed E-state index contributed by atoms with van der Waals surface area (Å²) in [5, 5.41) is 1.97. The monoisotopic (exact) mass is 297 g/mol. The van der Waals surface area contributed by atoms with E-state index >= 15 is 0 Å². The molecule has 0 radical (unpaired) electrons. The number of benzene rings is 1. The predicted octanol–water partition coefficient (Wildman–Crippen LogP) is 4.15. The lowest BCUT2D eigenvalue weighted by molar-refractivity contribution is 0.103. The molecule has 3 nitrogen and oxygen atoms in total. The summed E-state index contributed by atoms with van der Waals surface area (Å²) in [4.78, 5) is 17.1. The summed E-state index contributed by atoms with van der Waals surface area (Å²) in [6.07, 6.45) is 1.63. The number of thiophene rings is 1. The number of hydrogen-bond acceptors (Lipinski definition) is 4. The Morgan fingerprint density at radius 1 is 1.24 bits per heavy atom. The average molecular weight is 297 g/mol. The van der Waals surface area contributed by atoms with Gasteiger partial charge in [-0.15, -0.1) is 11.3 Å². The minimum Gasteiger partial charge on any atom is -0.496 e. The lowest BCUT2D eigenvalue weighted by atomic mass is 9.98. The number of aromatic nitrogens is 1. The van der Waals surface area contributed by atoms with Gasteiger partial charge in [0.15, 0.2) is 5.78 Å². The molecule has 1 aromatic carbocycles. The van der Waals surface area contributed by atoms with Crippen molar-refractivity contribution in [2.75, 3.05) is 7.11 Å². The first-order chi connectivity index (χ1) is 10.1. The van der Waals surface area contributed by atoms with E-state index < -0.39 is 0 Å². The zero-order valence-electron chi connectivity index (χ0n) is 12.1. The molecule has 2 aromatic heterocycles. The minimum atomic E-state index is -0.0576. The van der Waals surface area contributed by atoms with Crippen molar-refractivity contribution in [1.29, 1.82) is 0 Å². The highest BCUT2D eigenvalue weighted by molar-refractivity contribution is 7.17. The number of rotatable bonds is 3.